The molecule has 1 heterocycles. The number of benzene rings is 1. The maximum atomic E-state index is 9.22. The lowest BCUT2D eigenvalue weighted by Gasteiger charge is -2.11. The molecule has 2 aromatic rings. The number of hydrogen-bond acceptors (Lipinski definition) is 4. The SMILES string of the molecule is N#Cc1cnc2ccccc2c1NCCCNC1CC1. The van der Waals surface area contributed by atoms with Gasteiger partial charge in [0, 0.05) is 24.2 Å². The molecule has 0 radical (unpaired) electrons. The lowest BCUT2D eigenvalue weighted by Crippen LogP contribution is -2.20. The quantitative estimate of drug-likeness (QED) is 0.789. The van der Waals surface area contributed by atoms with E-state index >= 15 is 0 Å². The number of para-hydroxylation sites is 1. The van der Waals surface area contributed by atoms with Crippen molar-refractivity contribution in [1.29, 1.82) is 5.26 Å². The lowest BCUT2D eigenvalue weighted by atomic mass is 10.1. The van der Waals surface area contributed by atoms with Crippen LogP contribution in [0.25, 0.3) is 10.9 Å². The van der Waals surface area contributed by atoms with Gasteiger partial charge in [-0.3, -0.25) is 4.98 Å². The monoisotopic (exact) mass is 266 g/mol. The Balaban J connectivity index is 1.69. The van der Waals surface area contributed by atoms with Crippen LogP contribution in [-0.2, 0) is 0 Å². The fourth-order valence-electron chi connectivity index (χ4n) is 2.31. The molecule has 2 N–H and O–H groups in total. The Morgan fingerprint density at radius 3 is 2.90 bits per heavy atom. The number of nitrogens with one attached hydrogen (secondary N) is 2. The van der Waals surface area contributed by atoms with Gasteiger partial charge < -0.3 is 10.6 Å². The Hall–Kier alpha value is -2.12. The second-order valence-electron chi connectivity index (χ2n) is 5.18. The van der Waals surface area contributed by atoms with Gasteiger partial charge in [-0.1, -0.05) is 18.2 Å². The number of rotatable bonds is 6. The van der Waals surface area contributed by atoms with Gasteiger partial charge in [-0.05, 0) is 31.9 Å². The van der Waals surface area contributed by atoms with Crippen LogP contribution in [0.15, 0.2) is 30.5 Å². The molecule has 102 valence electrons. The summed E-state index contributed by atoms with van der Waals surface area (Å²) in [6.45, 7) is 1.89. The molecule has 3 rings (SSSR count). The van der Waals surface area contributed by atoms with Gasteiger partial charge in [0.15, 0.2) is 0 Å². The highest BCUT2D eigenvalue weighted by molar-refractivity contribution is 5.93. The number of nitriles is 1. The van der Waals surface area contributed by atoms with Crippen molar-refractivity contribution in [3.05, 3.63) is 36.0 Å². The predicted octanol–water partition coefficient (Wildman–Crippen LogP) is 2.66. The molecule has 0 amide bonds. The van der Waals surface area contributed by atoms with Crippen LogP contribution in [0.1, 0.15) is 24.8 Å². The molecule has 1 saturated carbocycles. The van der Waals surface area contributed by atoms with E-state index in [4.69, 9.17) is 0 Å². The highest BCUT2D eigenvalue weighted by Gasteiger charge is 2.19. The van der Waals surface area contributed by atoms with E-state index in [0.29, 0.717) is 5.56 Å². The van der Waals surface area contributed by atoms with Gasteiger partial charge in [-0.15, -0.1) is 0 Å². The molecule has 20 heavy (non-hydrogen) atoms. The molecule has 1 fully saturated rings. The summed E-state index contributed by atoms with van der Waals surface area (Å²) in [6, 6.07) is 10.9. The van der Waals surface area contributed by atoms with Gasteiger partial charge in [0.2, 0.25) is 0 Å². The first-order valence-electron chi connectivity index (χ1n) is 7.13. The fourth-order valence-corrected chi connectivity index (χ4v) is 2.31. The summed E-state index contributed by atoms with van der Waals surface area (Å²) in [5.74, 6) is 0. The third kappa shape index (κ3) is 2.89. The minimum Gasteiger partial charge on any atom is -0.383 e. The fraction of sp³-hybridized carbons (Fsp3) is 0.375. The Morgan fingerprint density at radius 2 is 2.10 bits per heavy atom. The topological polar surface area (TPSA) is 60.7 Å². The van der Waals surface area contributed by atoms with Gasteiger partial charge in [0.05, 0.1) is 16.8 Å². The number of pyridine rings is 1. The van der Waals surface area contributed by atoms with Crippen LogP contribution >= 0.6 is 0 Å². The molecule has 0 saturated heterocycles. The zero-order valence-corrected chi connectivity index (χ0v) is 11.4. The molecule has 1 aromatic heterocycles. The summed E-state index contributed by atoms with van der Waals surface area (Å²) >= 11 is 0. The van der Waals surface area contributed by atoms with Crippen molar-refractivity contribution in [2.45, 2.75) is 25.3 Å². The molecule has 0 unspecified atom stereocenters. The van der Waals surface area contributed by atoms with Crippen LogP contribution in [0.3, 0.4) is 0 Å². The summed E-state index contributed by atoms with van der Waals surface area (Å²) < 4.78 is 0. The zero-order valence-electron chi connectivity index (χ0n) is 11.4. The average molecular weight is 266 g/mol. The van der Waals surface area contributed by atoms with Crippen molar-refractivity contribution in [3.8, 4) is 6.07 Å². The second-order valence-corrected chi connectivity index (χ2v) is 5.18. The van der Waals surface area contributed by atoms with Crippen molar-refractivity contribution in [2.24, 2.45) is 0 Å². The standard InChI is InChI=1S/C16H18N4/c17-10-12-11-20-15-5-2-1-4-14(15)16(12)19-9-3-8-18-13-6-7-13/h1-2,4-5,11,13,18H,3,6-9H2,(H,19,20). The summed E-state index contributed by atoms with van der Waals surface area (Å²) in [6.07, 6.45) is 5.34. The van der Waals surface area contributed by atoms with E-state index in [0.717, 1.165) is 42.1 Å². The van der Waals surface area contributed by atoms with Crippen LogP contribution in [0, 0.1) is 11.3 Å². The second kappa shape index (κ2) is 5.89. The van der Waals surface area contributed by atoms with Crippen LogP contribution in [-0.4, -0.2) is 24.1 Å². The minimum absolute atomic E-state index is 0.610. The van der Waals surface area contributed by atoms with Crippen molar-refractivity contribution >= 4 is 16.6 Å². The predicted molar refractivity (Wildman–Crippen MR) is 80.6 cm³/mol. The van der Waals surface area contributed by atoms with E-state index in [9.17, 15) is 5.26 Å². The number of fused-ring (bicyclic) bond motifs is 1. The van der Waals surface area contributed by atoms with E-state index in [1.807, 2.05) is 24.3 Å². The first-order chi connectivity index (χ1) is 9.88. The highest BCUT2D eigenvalue weighted by atomic mass is 15.0. The first-order valence-corrected chi connectivity index (χ1v) is 7.13. The van der Waals surface area contributed by atoms with Crippen LogP contribution in [0.5, 0.6) is 0 Å². The largest absolute Gasteiger partial charge is 0.383 e. The van der Waals surface area contributed by atoms with Gasteiger partial charge >= 0.3 is 0 Å². The minimum atomic E-state index is 0.610. The Morgan fingerprint density at radius 1 is 1.25 bits per heavy atom. The third-order valence-corrected chi connectivity index (χ3v) is 3.56. The molecular formula is C16H18N4. The van der Waals surface area contributed by atoms with Crippen LogP contribution < -0.4 is 10.6 Å². The maximum Gasteiger partial charge on any atom is 0.103 e. The van der Waals surface area contributed by atoms with Crippen molar-refractivity contribution in [1.82, 2.24) is 10.3 Å². The summed E-state index contributed by atoms with van der Waals surface area (Å²) in [5, 5.41) is 17.1. The first kappa shape index (κ1) is 12.9. The summed E-state index contributed by atoms with van der Waals surface area (Å²) in [7, 11) is 0. The third-order valence-electron chi connectivity index (χ3n) is 3.56. The van der Waals surface area contributed by atoms with Gasteiger partial charge in [-0.25, -0.2) is 0 Å². The van der Waals surface area contributed by atoms with E-state index < -0.39 is 0 Å². The molecule has 0 aliphatic heterocycles. The van der Waals surface area contributed by atoms with E-state index in [1.165, 1.54) is 12.8 Å². The Bertz CT molecular complexity index is 640. The van der Waals surface area contributed by atoms with E-state index in [2.05, 4.69) is 21.7 Å². The van der Waals surface area contributed by atoms with Crippen molar-refractivity contribution < 1.29 is 0 Å². The normalized spacial score (nSPS) is 14.2. The average Bonchev–Trinajstić information content (AvgIpc) is 3.31. The number of nitrogens with zero attached hydrogens (tertiary/aromatic N) is 2. The molecule has 0 spiro atoms. The Kier molecular flexibility index (Phi) is 3.80. The van der Waals surface area contributed by atoms with Crippen LogP contribution in [0.2, 0.25) is 0 Å². The molecule has 0 bridgehead atoms. The smallest absolute Gasteiger partial charge is 0.103 e. The van der Waals surface area contributed by atoms with Gasteiger partial charge in [-0.2, -0.15) is 5.26 Å². The molecule has 1 aromatic carbocycles. The lowest BCUT2D eigenvalue weighted by molar-refractivity contribution is 0.659. The molecule has 4 nitrogen and oxygen atoms in total. The van der Waals surface area contributed by atoms with Crippen molar-refractivity contribution in [2.75, 3.05) is 18.4 Å². The maximum absolute atomic E-state index is 9.22. The molecule has 1 aliphatic rings. The number of hydrogen-bond donors (Lipinski definition) is 2. The number of anilines is 1. The zero-order chi connectivity index (χ0) is 13.8. The van der Waals surface area contributed by atoms with E-state index in [1.54, 1.807) is 6.20 Å². The molecule has 1 aliphatic carbocycles. The van der Waals surface area contributed by atoms with E-state index in [-0.39, 0.29) is 0 Å². The highest BCUT2D eigenvalue weighted by Crippen LogP contribution is 2.25. The van der Waals surface area contributed by atoms with Gasteiger partial charge in [0.25, 0.3) is 0 Å². The summed E-state index contributed by atoms with van der Waals surface area (Å²) in [5.41, 5.74) is 2.44. The number of aromatic nitrogens is 1. The molecule has 4 heteroatoms. The molecular weight excluding hydrogens is 248 g/mol. The Labute approximate surface area is 118 Å². The summed E-state index contributed by atoms with van der Waals surface area (Å²) in [4.78, 5) is 4.31. The van der Waals surface area contributed by atoms with Crippen molar-refractivity contribution in [3.63, 3.8) is 0 Å². The molecule has 0 atom stereocenters. The van der Waals surface area contributed by atoms with Crippen LogP contribution in [0.4, 0.5) is 5.69 Å². The van der Waals surface area contributed by atoms with Gasteiger partial charge in [0.1, 0.15) is 6.07 Å².